The van der Waals surface area contributed by atoms with Gasteiger partial charge in [0, 0.05) is 35.0 Å². The highest BCUT2D eigenvalue weighted by atomic mass is 79.9. The number of benzene rings is 3. The van der Waals surface area contributed by atoms with Gasteiger partial charge >= 0.3 is 0 Å². The highest BCUT2D eigenvalue weighted by molar-refractivity contribution is 9.10. The van der Waals surface area contributed by atoms with Gasteiger partial charge in [0.1, 0.15) is 6.04 Å². The van der Waals surface area contributed by atoms with Gasteiger partial charge in [-0.3, -0.25) is 9.59 Å². The van der Waals surface area contributed by atoms with Crippen molar-refractivity contribution in [2.45, 2.75) is 50.2 Å². The Balaban J connectivity index is 1.99. The first-order chi connectivity index (χ1) is 18.3. The fraction of sp³-hybridized carbons (Fsp3) is 0.310. The zero-order valence-corrected chi connectivity index (χ0v) is 25.6. The third-order valence-electron chi connectivity index (χ3n) is 5.89. The average molecular weight is 635 g/mol. The summed E-state index contributed by atoms with van der Waals surface area (Å²) in [4.78, 5) is 29.0. The minimum Gasteiger partial charge on any atom is -0.350 e. The van der Waals surface area contributed by atoms with Crippen molar-refractivity contribution in [3.63, 3.8) is 0 Å². The highest BCUT2D eigenvalue weighted by Gasteiger charge is 2.34. The van der Waals surface area contributed by atoms with Crippen LogP contribution >= 0.6 is 27.5 Å². The monoisotopic (exact) mass is 633 g/mol. The lowest BCUT2D eigenvalue weighted by atomic mass is 10.0. The standard InChI is InChI=1S/C29H33BrClN3O4S/c1-29(2,3)32-28(36)26(18-21-9-6-5-7-10-21)34(19-22-11-8-12-23(30)17-22)27(35)20-33(4)39(37,38)25-15-13-24(31)14-16-25/h5-17,26H,18-20H2,1-4H3,(H,32,36). The number of carbonyl (C=O) groups is 2. The van der Waals surface area contributed by atoms with Gasteiger partial charge in [0.2, 0.25) is 21.8 Å². The molecule has 0 heterocycles. The van der Waals surface area contributed by atoms with Gasteiger partial charge in [-0.25, -0.2) is 8.42 Å². The Morgan fingerprint density at radius 1 is 0.949 bits per heavy atom. The van der Waals surface area contributed by atoms with Gasteiger partial charge in [-0.1, -0.05) is 70.0 Å². The van der Waals surface area contributed by atoms with Crippen LogP contribution in [-0.4, -0.2) is 54.6 Å². The molecule has 7 nitrogen and oxygen atoms in total. The third-order valence-corrected chi connectivity index (χ3v) is 8.45. The van der Waals surface area contributed by atoms with Crippen molar-refractivity contribution in [2.75, 3.05) is 13.6 Å². The summed E-state index contributed by atoms with van der Waals surface area (Å²) in [6.45, 7) is 5.28. The molecule has 3 rings (SSSR count). The fourth-order valence-electron chi connectivity index (χ4n) is 3.99. The van der Waals surface area contributed by atoms with Crippen LogP contribution in [0.25, 0.3) is 0 Å². The Morgan fingerprint density at radius 3 is 2.15 bits per heavy atom. The van der Waals surface area contributed by atoms with Crippen molar-refractivity contribution < 1.29 is 18.0 Å². The summed E-state index contributed by atoms with van der Waals surface area (Å²) < 4.78 is 28.2. The number of sulfonamides is 1. The number of amides is 2. The number of hydrogen-bond donors (Lipinski definition) is 1. The van der Waals surface area contributed by atoms with Crippen molar-refractivity contribution >= 4 is 49.4 Å². The molecule has 1 unspecified atom stereocenters. The second-order valence-electron chi connectivity index (χ2n) is 10.3. The molecule has 1 N–H and O–H groups in total. The van der Waals surface area contributed by atoms with E-state index in [0.717, 1.165) is 19.9 Å². The third kappa shape index (κ3) is 8.89. The number of rotatable bonds is 10. The first kappa shape index (κ1) is 30.8. The fourth-order valence-corrected chi connectivity index (χ4v) is 5.68. The van der Waals surface area contributed by atoms with Crippen LogP contribution in [0.2, 0.25) is 5.02 Å². The summed E-state index contributed by atoms with van der Waals surface area (Å²) in [5, 5.41) is 3.40. The van der Waals surface area contributed by atoms with E-state index in [1.807, 2.05) is 75.4 Å². The van der Waals surface area contributed by atoms with E-state index in [0.29, 0.717) is 5.02 Å². The lowest BCUT2D eigenvalue weighted by Gasteiger charge is -2.34. The molecule has 0 fully saturated rings. The first-order valence-corrected chi connectivity index (χ1v) is 15.0. The van der Waals surface area contributed by atoms with E-state index in [-0.39, 0.29) is 23.8 Å². The number of halogens is 2. The average Bonchev–Trinajstić information content (AvgIpc) is 2.86. The molecule has 0 aliphatic rings. The maximum atomic E-state index is 13.9. The lowest BCUT2D eigenvalue weighted by Crippen LogP contribution is -2.56. The van der Waals surface area contributed by atoms with Crippen LogP contribution in [0.3, 0.4) is 0 Å². The molecule has 208 valence electrons. The molecule has 0 bridgehead atoms. The van der Waals surface area contributed by atoms with Crippen LogP contribution in [0, 0.1) is 0 Å². The van der Waals surface area contributed by atoms with E-state index in [1.54, 1.807) is 0 Å². The molecule has 3 aromatic rings. The van der Waals surface area contributed by atoms with E-state index in [4.69, 9.17) is 11.6 Å². The highest BCUT2D eigenvalue weighted by Crippen LogP contribution is 2.21. The van der Waals surface area contributed by atoms with Gasteiger partial charge in [-0.2, -0.15) is 4.31 Å². The van der Waals surface area contributed by atoms with Crippen molar-refractivity contribution in [2.24, 2.45) is 0 Å². The van der Waals surface area contributed by atoms with Gasteiger partial charge in [-0.05, 0) is 68.3 Å². The maximum Gasteiger partial charge on any atom is 0.243 e. The van der Waals surface area contributed by atoms with E-state index < -0.39 is 34.1 Å². The Labute approximate surface area is 244 Å². The topological polar surface area (TPSA) is 86.8 Å². The largest absolute Gasteiger partial charge is 0.350 e. The van der Waals surface area contributed by atoms with Gasteiger partial charge in [0.15, 0.2) is 0 Å². The number of hydrogen-bond acceptors (Lipinski definition) is 4. The van der Waals surface area contributed by atoms with Crippen molar-refractivity contribution in [1.29, 1.82) is 0 Å². The first-order valence-electron chi connectivity index (χ1n) is 12.4. The van der Waals surface area contributed by atoms with Gasteiger partial charge < -0.3 is 10.2 Å². The predicted octanol–water partition coefficient (Wildman–Crippen LogP) is 5.28. The molecule has 0 saturated carbocycles. The van der Waals surface area contributed by atoms with Crippen LogP contribution in [0.4, 0.5) is 0 Å². The molecular formula is C29H33BrClN3O4S. The molecule has 10 heteroatoms. The molecule has 0 aliphatic carbocycles. The molecule has 0 spiro atoms. The molecule has 39 heavy (non-hydrogen) atoms. The van der Waals surface area contributed by atoms with E-state index in [2.05, 4.69) is 21.2 Å². The predicted molar refractivity (Wildman–Crippen MR) is 158 cm³/mol. The summed E-state index contributed by atoms with van der Waals surface area (Å²) in [7, 11) is -2.63. The normalized spacial score (nSPS) is 12.7. The van der Waals surface area contributed by atoms with Gasteiger partial charge in [0.05, 0.1) is 11.4 Å². The zero-order valence-electron chi connectivity index (χ0n) is 22.4. The molecule has 0 aliphatic heterocycles. The van der Waals surface area contributed by atoms with Crippen LogP contribution in [0.5, 0.6) is 0 Å². The Kier molecular flexibility index (Phi) is 10.3. The molecular weight excluding hydrogens is 602 g/mol. The quantitative estimate of drug-likeness (QED) is 0.329. The zero-order chi connectivity index (χ0) is 28.8. The second-order valence-corrected chi connectivity index (χ2v) is 13.7. The minimum absolute atomic E-state index is 0.0204. The van der Waals surface area contributed by atoms with Crippen LogP contribution in [-0.2, 0) is 32.6 Å². The summed E-state index contributed by atoms with van der Waals surface area (Å²) in [5.74, 6) is -0.821. The van der Waals surface area contributed by atoms with Crippen molar-refractivity contribution in [3.05, 3.63) is 99.5 Å². The molecule has 2 amide bonds. The number of likely N-dealkylation sites (N-methyl/N-ethyl adjacent to an activating group) is 1. The lowest BCUT2D eigenvalue weighted by molar-refractivity contribution is -0.141. The SMILES string of the molecule is CN(CC(=O)N(Cc1cccc(Br)c1)C(Cc1ccccc1)C(=O)NC(C)(C)C)S(=O)(=O)c1ccc(Cl)cc1. The van der Waals surface area contributed by atoms with Crippen LogP contribution in [0.1, 0.15) is 31.9 Å². The van der Waals surface area contributed by atoms with Crippen molar-refractivity contribution in [1.82, 2.24) is 14.5 Å². The Bertz CT molecular complexity index is 1390. The number of nitrogens with zero attached hydrogens (tertiary/aromatic N) is 2. The summed E-state index contributed by atoms with van der Waals surface area (Å²) >= 11 is 9.39. The minimum atomic E-state index is -3.98. The van der Waals surface area contributed by atoms with E-state index in [1.165, 1.54) is 36.2 Å². The summed E-state index contributed by atoms with van der Waals surface area (Å²) in [6, 6.07) is 21.8. The van der Waals surface area contributed by atoms with Crippen LogP contribution in [0.15, 0.2) is 88.2 Å². The molecule has 0 saturated heterocycles. The van der Waals surface area contributed by atoms with E-state index in [9.17, 15) is 18.0 Å². The summed E-state index contributed by atoms with van der Waals surface area (Å²) in [6.07, 6.45) is 0.260. The van der Waals surface area contributed by atoms with E-state index >= 15 is 0 Å². The Hall–Kier alpha value is -2.72. The smallest absolute Gasteiger partial charge is 0.243 e. The van der Waals surface area contributed by atoms with Gasteiger partial charge in [-0.15, -0.1) is 0 Å². The van der Waals surface area contributed by atoms with Crippen LogP contribution < -0.4 is 5.32 Å². The van der Waals surface area contributed by atoms with Crippen molar-refractivity contribution in [3.8, 4) is 0 Å². The number of carbonyl (C=O) groups excluding carboxylic acids is 2. The molecule has 0 aromatic heterocycles. The molecule has 0 radical (unpaired) electrons. The second kappa shape index (κ2) is 13.1. The number of nitrogens with one attached hydrogen (secondary N) is 1. The van der Waals surface area contributed by atoms with Gasteiger partial charge in [0.25, 0.3) is 0 Å². The maximum absolute atomic E-state index is 13.9. The molecule has 3 aromatic carbocycles. The summed E-state index contributed by atoms with van der Waals surface area (Å²) in [5.41, 5.74) is 1.13. The Morgan fingerprint density at radius 2 is 1.56 bits per heavy atom. The molecule has 1 atom stereocenters.